The van der Waals surface area contributed by atoms with Crippen LogP contribution in [0.4, 0.5) is 5.82 Å². The van der Waals surface area contributed by atoms with Gasteiger partial charge in [-0.15, -0.1) is 0 Å². The van der Waals surface area contributed by atoms with Crippen LogP contribution in [0.25, 0.3) is 5.69 Å². The number of amides is 1. The molecule has 1 aliphatic rings. The van der Waals surface area contributed by atoms with Crippen LogP contribution in [-0.2, 0) is 4.79 Å². The van der Waals surface area contributed by atoms with Gasteiger partial charge in [-0.1, -0.05) is 46.3 Å². The van der Waals surface area contributed by atoms with Gasteiger partial charge in [-0.2, -0.15) is 5.10 Å². The van der Waals surface area contributed by atoms with Crippen molar-refractivity contribution >= 4 is 27.7 Å². The maximum atomic E-state index is 12.4. The van der Waals surface area contributed by atoms with Gasteiger partial charge in [0.25, 0.3) is 0 Å². The Bertz CT molecular complexity index is 875. The van der Waals surface area contributed by atoms with Gasteiger partial charge in [0, 0.05) is 22.7 Å². The quantitative estimate of drug-likeness (QED) is 0.728. The fraction of sp³-hybridized carbons (Fsp3) is 0.158. The standard InChI is InChI=1S/C19H16BrN3O/c20-14-6-4-5-13(11-14)16-12-17(16)19(24)21-18-9-10-23(22-18)15-7-2-1-3-8-15/h1-11,16-17H,12H2,(H,21,22,24). The maximum absolute atomic E-state index is 12.4. The average Bonchev–Trinajstić information content (AvgIpc) is 3.28. The molecule has 120 valence electrons. The van der Waals surface area contributed by atoms with Crippen LogP contribution in [0.5, 0.6) is 0 Å². The zero-order valence-corrected chi connectivity index (χ0v) is 14.5. The Morgan fingerprint density at radius 1 is 1.12 bits per heavy atom. The van der Waals surface area contributed by atoms with Gasteiger partial charge < -0.3 is 5.32 Å². The molecule has 1 amide bonds. The number of aromatic nitrogens is 2. The first-order valence-electron chi connectivity index (χ1n) is 7.88. The molecule has 3 aromatic rings. The summed E-state index contributed by atoms with van der Waals surface area (Å²) in [6.45, 7) is 0. The number of halogens is 1. The van der Waals surface area contributed by atoms with Crippen molar-refractivity contribution in [3.8, 4) is 5.69 Å². The lowest BCUT2D eigenvalue weighted by molar-refractivity contribution is -0.117. The molecule has 1 aromatic heterocycles. The predicted octanol–water partition coefficient (Wildman–Crippen LogP) is 4.38. The third-order valence-corrected chi connectivity index (χ3v) is 4.76. The molecule has 1 aliphatic carbocycles. The first-order chi connectivity index (χ1) is 11.7. The number of carbonyl (C=O) groups is 1. The minimum Gasteiger partial charge on any atom is -0.309 e. The Morgan fingerprint density at radius 3 is 2.75 bits per heavy atom. The van der Waals surface area contributed by atoms with E-state index in [0.717, 1.165) is 16.6 Å². The van der Waals surface area contributed by atoms with Gasteiger partial charge in [0.2, 0.25) is 5.91 Å². The Morgan fingerprint density at radius 2 is 1.96 bits per heavy atom. The molecule has 4 nitrogen and oxygen atoms in total. The van der Waals surface area contributed by atoms with E-state index in [-0.39, 0.29) is 11.8 Å². The zero-order valence-electron chi connectivity index (χ0n) is 12.9. The van der Waals surface area contributed by atoms with Crippen LogP contribution in [0.1, 0.15) is 17.9 Å². The van der Waals surface area contributed by atoms with Crippen molar-refractivity contribution in [2.24, 2.45) is 5.92 Å². The Hall–Kier alpha value is -2.40. The molecule has 5 heteroatoms. The van der Waals surface area contributed by atoms with Crippen LogP contribution in [0, 0.1) is 5.92 Å². The molecule has 1 N–H and O–H groups in total. The molecule has 0 spiro atoms. The van der Waals surface area contributed by atoms with E-state index in [0.29, 0.717) is 11.7 Å². The molecular weight excluding hydrogens is 366 g/mol. The van der Waals surface area contributed by atoms with Crippen molar-refractivity contribution in [1.29, 1.82) is 0 Å². The van der Waals surface area contributed by atoms with Crippen LogP contribution < -0.4 is 5.32 Å². The second kappa shape index (κ2) is 6.24. The SMILES string of the molecule is O=C(Nc1ccn(-c2ccccc2)n1)C1CC1c1cccc(Br)c1. The summed E-state index contributed by atoms with van der Waals surface area (Å²) >= 11 is 3.48. The van der Waals surface area contributed by atoms with Crippen molar-refractivity contribution in [3.63, 3.8) is 0 Å². The highest BCUT2D eigenvalue weighted by molar-refractivity contribution is 9.10. The molecule has 0 saturated heterocycles. The van der Waals surface area contributed by atoms with Gasteiger partial charge in [0.15, 0.2) is 5.82 Å². The van der Waals surface area contributed by atoms with E-state index in [1.54, 1.807) is 4.68 Å². The highest BCUT2D eigenvalue weighted by Gasteiger charge is 2.44. The molecule has 0 radical (unpaired) electrons. The number of para-hydroxylation sites is 1. The summed E-state index contributed by atoms with van der Waals surface area (Å²) < 4.78 is 2.81. The van der Waals surface area contributed by atoms with Gasteiger partial charge in [0.05, 0.1) is 5.69 Å². The fourth-order valence-electron chi connectivity index (χ4n) is 2.92. The summed E-state index contributed by atoms with van der Waals surface area (Å²) in [6.07, 6.45) is 2.74. The molecule has 0 bridgehead atoms. The van der Waals surface area contributed by atoms with E-state index >= 15 is 0 Å². The summed E-state index contributed by atoms with van der Waals surface area (Å²) in [5.41, 5.74) is 2.18. The van der Waals surface area contributed by atoms with Gasteiger partial charge in [0.1, 0.15) is 0 Å². The van der Waals surface area contributed by atoms with Crippen molar-refractivity contribution < 1.29 is 4.79 Å². The number of hydrogen-bond acceptors (Lipinski definition) is 2. The minimum absolute atomic E-state index is 0.0289. The third-order valence-electron chi connectivity index (χ3n) is 4.27. The molecule has 4 rings (SSSR count). The monoisotopic (exact) mass is 381 g/mol. The lowest BCUT2D eigenvalue weighted by Crippen LogP contribution is -2.15. The first kappa shape index (κ1) is 15.1. The topological polar surface area (TPSA) is 46.9 Å². The lowest BCUT2D eigenvalue weighted by atomic mass is 10.1. The number of benzene rings is 2. The third kappa shape index (κ3) is 3.12. The lowest BCUT2D eigenvalue weighted by Gasteiger charge is -2.03. The normalized spacial score (nSPS) is 19.0. The Labute approximate surface area is 148 Å². The molecule has 2 atom stereocenters. The molecule has 1 saturated carbocycles. The summed E-state index contributed by atoms with van der Waals surface area (Å²) in [5, 5.41) is 7.35. The largest absolute Gasteiger partial charge is 0.309 e. The number of carbonyl (C=O) groups excluding carboxylic acids is 1. The predicted molar refractivity (Wildman–Crippen MR) is 97.2 cm³/mol. The second-order valence-electron chi connectivity index (χ2n) is 5.97. The van der Waals surface area contributed by atoms with Crippen molar-refractivity contribution in [3.05, 3.63) is 76.9 Å². The summed E-state index contributed by atoms with van der Waals surface area (Å²) in [5.74, 6) is 0.960. The van der Waals surface area contributed by atoms with Crippen molar-refractivity contribution in [1.82, 2.24) is 9.78 Å². The smallest absolute Gasteiger partial charge is 0.229 e. The summed E-state index contributed by atoms with van der Waals surface area (Å²) in [6, 6.07) is 19.8. The van der Waals surface area contributed by atoms with E-state index in [2.05, 4.69) is 38.5 Å². The minimum atomic E-state index is 0.0289. The maximum Gasteiger partial charge on any atom is 0.229 e. The molecule has 1 fully saturated rings. The van der Waals surface area contributed by atoms with Gasteiger partial charge >= 0.3 is 0 Å². The van der Waals surface area contributed by atoms with E-state index in [1.165, 1.54) is 5.56 Å². The molecule has 1 heterocycles. The van der Waals surface area contributed by atoms with Gasteiger partial charge in [-0.3, -0.25) is 4.79 Å². The van der Waals surface area contributed by atoms with Gasteiger partial charge in [-0.25, -0.2) is 4.68 Å². The molecular formula is C19H16BrN3O. The zero-order chi connectivity index (χ0) is 16.5. The number of hydrogen-bond donors (Lipinski definition) is 1. The number of nitrogens with zero attached hydrogens (tertiary/aromatic N) is 2. The van der Waals surface area contributed by atoms with Crippen molar-refractivity contribution in [2.75, 3.05) is 5.32 Å². The molecule has 24 heavy (non-hydrogen) atoms. The number of nitrogens with one attached hydrogen (secondary N) is 1. The van der Waals surface area contributed by atoms with E-state index in [4.69, 9.17) is 0 Å². The number of rotatable bonds is 4. The molecule has 2 unspecified atom stereocenters. The van der Waals surface area contributed by atoms with Crippen LogP contribution in [-0.4, -0.2) is 15.7 Å². The van der Waals surface area contributed by atoms with Crippen LogP contribution in [0.3, 0.4) is 0 Å². The van der Waals surface area contributed by atoms with E-state index in [1.807, 2.05) is 54.7 Å². The first-order valence-corrected chi connectivity index (χ1v) is 8.67. The van der Waals surface area contributed by atoms with Crippen LogP contribution >= 0.6 is 15.9 Å². The summed E-state index contributed by atoms with van der Waals surface area (Å²) in [4.78, 5) is 12.4. The van der Waals surface area contributed by atoms with Crippen LogP contribution in [0.15, 0.2) is 71.3 Å². The average molecular weight is 382 g/mol. The number of anilines is 1. The summed E-state index contributed by atoms with van der Waals surface area (Å²) in [7, 11) is 0. The van der Waals surface area contributed by atoms with E-state index in [9.17, 15) is 4.79 Å². The van der Waals surface area contributed by atoms with E-state index < -0.39 is 0 Å². The fourth-order valence-corrected chi connectivity index (χ4v) is 3.34. The Balaban J connectivity index is 1.42. The Kier molecular flexibility index (Phi) is 3.94. The molecule has 2 aromatic carbocycles. The molecule has 0 aliphatic heterocycles. The van der Waals surface area contributed by atoms with Crippen molar-refractivity contribution in [2.45, 2.75) is 12.3 Å². The highest BCUT2D eigenvalue weighted by Crippen LogP contribution is 2.48. The van der Waals surface area contributed by atoms with Crippen LogP contribution in [0.2, 0.25) is 0 Å². The van der Waals surface area contributed by atoms with Gasteiger partial charge in [-0.05, 0) is 42.2 Å². The second-order valence-corrected chi connectivity index (χ2v) is 6.89. The highest BCUT2D eigenvalue weighted by atomic mass is 79.9.